The third-order valence-corrected chi connectivity index (χ3v) is 6.48. The van der Waals surface area contributed by atoms with Gasteiger partial charge in [0.2, 0.25) is 5.91 Å². The molecule has 1 heterocycles. The summed E-state index contributed by atoms with van der Waals surface area (Å²) in [4.78, 5) is 14.4. The Labute approximate surface area is 135 Å². The molecule has 1 aliphatic rings. The molecule has 0 spiro atoms. The summed E-state index contributed by atoms with van der Waals surface area (Å²) in [6, 6.07) is 0. The van der Waals surface area contributed by atoms with E-state index in [-0.39, 0.29) is 5.91 Å². The molecule has 1 atom stereocenters. The highest BCUT2D eigenvalue weighted by Gasteiger charge is 2.15. The van der Waals surface area contributed by atoms with Crippen molar-refractivity contribution in [3.8, 4) is 0 Å². The molecule has 0 aromatic carbocycles. The van der Waals surface area contributed by atoms with Gasteiger partial charge in [-0.15, -0.1) is 0 Å². The lowest BCUT2D eigenvalue weighted by atomic mass is 10.1. The first-order valence-electron chi connectivity index (χ1n) is 7.88. The third kappa shape index (κ3) is 10.8. The maximum Gasteiger partial charge on any atom is 0.219 e. The zero-order valence-corrected chi connectivity index (χ0v) is 14.3. The van der Waals surface area contributed by atoms with Gasteiger partial charge in [-0.3, -0.25) is 4.79 Å². The van der Waals surface area contributed by atoms with E-state index in [0.29, 0.717) is 13.0 Å². The van der Waals surface area contributed by atoms with Gasteiger partial charge in [-0.1, -0.05) is 46.0 Å². The first kappa shape index (κ1) is 18.5. The van der Waals surface area contributed by atoms with Crippen molar-refractivity contribution in [2.75, 3.05) is 18.8 Å². The lowest BCUT2D eigenvalue weighted by molar-refractivity contribution is -0.121. The van der Waals surface area contributed by atoms with Gasteiger partial charge < -0.3 is 5.32 Å². The van der Waals surface area contributed by atoms with Crippen molar-refractivity contribution < 1.29 is 4.79 Å². The molecule has 1 fully saturated rings. The van der Waals surface area contributed by atoms with Gasteiger partial charge in [-0.25, -0.2) is 0 Å². The Balaban J connectivity index is 1.81. The maximum atomic E-state index is 11.6. The van der Waals surface area contributed by atoms with Crippen LogP contribution in [0, 0.1) is 0 Å². The van der Waals surface area contributed by atoms with Gasteiger partial charge in [0.1, 0.15) is 0 Å². The fourth-order valence-corrected chi connectivity index (χ4v) is 5.27. The van der Waals surface area contributed by atoms with Gasteiger partial charge >= 0.3 is 0 Å². The number of nitrogens with zero attached hydrogens (tertiary/aromatic N) is 3. The van der Waals surface area contributed by atoms with Crippen LogP contribution in [0.3, 0.4) is 0 Å². The van der Waals surface area contributed by atoms with Crippen molar-refractivity contribution in [1.82, 2.24) is 5.32 Å². The highest BCUT2D eigenvalue weighted by molar-refractivity contribution is 8.77. The fourth-order valence-electron chi connectivity index (χ4n) is 2.24. The number of carbonyl (C=O) groups excluding carboxylic acids is 1. The van der Waals surface area contributed by atoms with E-state index in [4.69, 9.17) is 5.53 Å². The predicted molar refractivity (Wildman–Crippen MR) is 92.4 cm³/mol. The smallest absolute Gasteiger partial charge is 0.219 e. The monoisotopic (exact) mass is 330 g/mol. The van der Waals surface area contributed by atoms with Crippen LogP contribution in [0.15, 0.2) is 5.11 Å². The molecule has 21 heavy (non-hydrogen) atoms. The molecule has 1 unspecified atom stereocenters. The van der Waals surface area contributed by atoms with Gasteiger partial charge in [-0.2, -0.15) is 0 Å². The molecule has 0 aromatic rings. The number of carbonyl (C=O) groups is 1. The van der Waals surface area contributed by atoms with Gasteiger partial charge in [0, 0.05) is 35.4 Å². The minimum absolute atomic E-state index is 0.192. The molecule has 1 rings (SSSR count). The van der Waals surface area contributed by atoms with Crippen molar-refractivity contribution in [2.24, 2.45) is 5.11 Å². The average molecular weight is 331 g/mol. The Bertz CT molecular complexity index is 329. The molecule has 0 saturated carbocycles. The molecule has 0 aromatic heterocycles. The quantitative estimate of drug-likeness (QED) is 0.185. The molecular weight excluding hydrogens is 304 g/mol. The second-order valence-electron chi connectivity index (χ2n) is 5.29. The van der Waals surface area contributed by atoms with Crippen LogP contribution in [0.1, 0.15) is 57.8 Å². The van der Waals surface area contributed by atoms with Crippen LogP contribution < -0.4 is 5.32 Å². The molecule has 0 bridgehead atoms. The van der Waals surface area contributed by atoms with Crippen LogP contribution in [-0.4, -0.2) is 30.0 Å². The van der Waals surface area contributed by atoms with E-state index in [1.165, 1.54) is 25.0 Å². The Morgan fingerprint density at radius 3 is 2.86 bits per heavy atom. The van der Waals surface area contributed by atoms with Crippen molar-refractivity contribution in [3.05, 3.63) is 10.4 Å². The van der Waals surface area contributed by atoms with Gasteiger partial charge in [0.25, 0.3) is 0 Å². The lowest BCUT2D eigenvalue weighted by Crippen LogP contribution is -2.24. The van der Waals surface area contributed by atoms with E-state index in [2.05, 4.69) is 15.3 Å². The highest BCUT2D eigenvalue weighted by Crippen LogP contribution is 2.39. The van der Waals surface area contributed by atoms with Gasteiger partial charge in [0.05, 0.1) is 0 Å². The summed E-state index contributed by atoms with van der Waals surface area (Å²) in [5.74, 6) is 1.48. The normalized spacial score (nSPS) is 17.4. The summed E-state index contributed by atoms with van der Waals surface area (Å²) in [5.41, 5.74) is 8.13. The summed E-state index contributed by atoms with van der Waals surface area (Å²) in [7, 11) is 4.00. The Kier molecular flexibility index (Phi) is 11.6. The molecule has 1 aliphatic heterocycles. The first-order valence-corrected chi connectivity index (χ1v) is 10.3. The number of nitrogens with one attached hydrogen (secondary N) is 1. The van der Waals surface area contributed by atoms with Crippen LogP contribution in [-0.2, 0) is 4.79 Å². The van der Waals surface area contributed by atoms with E-state index in [1.54, 1.807) is 0 Å². The van der Waals surface area contributed by atoms with Crippen molar-refractivity contribution in [2.45, 2.75) is 63.0 Å². The Morgan fingerprint density at radius 2 is 2.10 bits per heavy atom. The topological polar surface area (TPSA) is 77.9 Å². The number of azide groups is 1. The number of hydrogen-bond donors (Lipinski definition) is 1. The molecular formula is C14H26N4OS2. The van der Waals surface area contributed by atoms with Crippen LogP contribution >= 0.6 is 21.6 Å². The highest BCUT2D eigenvalue weighted by atomic mass is 33.1. The molecule has 1 amide bonds. The molecule has 0 radical (unpaired) electrons. The van der Waals surface area contributed by atoms with E-state index in [1.807, 2.05) is 21.6 Å². The molecule has 0 aliphatic carbocycles. The minimum Gasteiger partial charge on any atom is -0.356 e. The summed E-state index contributed by atoms with van der Waals surface area (Å²) in [6.45, 7) is 1.36. The van der Waals surface area contributed by atoms with Crippen molar-refractivity contribution >= 4 is 27.5 Å². The van der Waals surface area contributed by atoms with E-state index >= 15 is 0 Å². The maximum absolute atomic E-state index is 11.6. The number of hydrogen-bond acceptors (Lipinski definition) is 4. The standard InChI is InChI=1S/C14H26N4OS2/c15-18-17-11-6-2-1-5-10-16-14(19)8-4-3-7-13-9-12-20-21-13/h13H,1-12H2,(H,16,19). The summed E-state index contributed by atoms with van der Waals surface area (Å²) in [5, 5.41) is 7.30. The third-order valence-electron chi connectivity index (χ3n) is 3.48. The van der Waals surface area contributed by atoms with Gasteiger partial charge in [0.15, 0.2) is 0 Å². The first-order chi connectivity index (χ1) is 10.3. The zero-order valence-electron chi connectivity index (χ0n) is 12.6. The molecule has 120 valence electrons. The SMILES string of the molecule is [N-]=[N+]=NCCCCCCNC(=O)CCCCC1CCSS1. The molecule has 1 N–H and O–H groups in total. The average Bonchev–Trinajstić information content (AvgIpc) is 3.00. The number of unbranched alkanes of at least 4 members (excludes halogenated alkanes) is 4. The van der Waals surface area contributed by atoms with E-state index in [0.717, 1.165) is 43.9 Å². The second-order valence-corrected chi connectivity index (χ2v) is 8.08. The lowest BCUT2D eigenvalue weighted by Gasteiger charge is -2.07. The summed E-state index contributed by atoms with van der Waals surface area (Å²) >= 11 is 0. The van der Waals surface area contributed by atoms with Crippen molar-refractivity contribution in [3.63, 3.8) is 0 Å². The zero-order chi connectivity index (χ0) is 15.2. The van der Waals surface area contributed by atoms with E-state index < -0.39 is 0 Å². The van der Waals surface area contributed by atoms with Crippen LogP contribution in [0.4, 0.5) is 0 Å². The molecule has 1 saturated heterocycles. The van der Waals surface area contributed by atoms with Crippen LogP contribution in [0.5, 0.6) is 0 Å². The minimum atomic E-state index is 0.192. The molecule has 5 nitrogen and oxygen atoms in total. The fraction of sp³-hybridized carbons (Fsp3) is 0.929. The Hall–Kier alpha value is -0.520. The van der Waals surface area contributed by atoms with Crippen molar-refractivity contribution in [1.29, 1.82) is 0 Å². The summed E-state index contributed by atoms with van der Waals surface area (Å²) in [6.07, 6.45) is 9.54. The largest absolute Gasteiger partial charge is 0.356 e. The van der Waals surface area contributed by atoms with Gasteiger partial charge in [-0.05, 0) is 37.6 Å². The Morgan fingerprint density at radius 1 is 1.24 bits per heavy atom. The van der Waals surface area contributed by atoms with Crippen LogP contribution in [0.25, 0.3) is 10.4 Å². The number of rotatable bonds is 12. The summed E-state index contributed by atoms with van der Waals surface area (Å²) < 4.78 is 0. The predicted octanol–water partition coefficient (Wildman–Crippen LogP) is 4.69. The van der Waals surface area contributed by atoms with Crippen LogP contribution in [0.2, 0.25) is 0 Å². The number of amides is 1. The van der Waals surface area contributed by atoms with E-state index in [9.17, 15) is 4.79 Å². The second kappa shape index (κ2) is 13.2. The molecule has 7 heteroatoms.